The molecule has 1 N–H and O–H groups in total. The van der Waals surface area contributed by atoms with Gasteiger partial charge in [0, 0.05) is 5.56 Å². The van der Waals surface area contributed by atoms with Gasteiger partial charge in [0.1, 0.15) is 0 Å². The number of rotatable bonds is 3. The standard InChI is InChI=1S/C10H8Cl2F6OSi/c11-7(12)20-6-3-1-2-5(4-6)8(19,9(13,14)15)10(16,17)18/h1-4,7,19H,20H2. The van der Waals surface area contributed by atoms with Gasteiger partial charge >= 0.3 is 12.4 Å². The fourth-order valence-electron chi connectivity index (χ4n) is 1.59. The van der Waals surface area contributed by atoms with Crippen LogP contribution in [0.4, 0.5) is 26.3 Å². The smallest absolute Gasteiger partial charge is 0.369 e. The fraction of sp³-hybridized carbons (Fsp3) is 0.400. The van der Waals surface area contributed by atoms with Gasteiger partial charge in [-0.15, -0.1) is 23.2 Å². The van der Waals surface area contributed by atoms with E-state index in [1.54, 1.807) is 0 Å². The number of aliphatic hydroxyl groups is 1. The van der Waals surface area contributed by atoms with Crippen LogP contribution < -0.4 is 5.19 Å². The lowest BCUT2D eigenvalue weighted by molar-refractivity contribution is -0.376. The summed E-state index contributed by atoms with van der Waals surface area (Å²) in [6.45, 7) is 0. The van der Waals surface area contributed by atoms with Gasteiger partial charge < -0.3 is 5.11 Å². The number of hydrogen-bond acceptors (Lipinski definition) is 1. The summed E-state index contributed by atoms with van der Waals surface area (Å²) >= 11 is 11.0. The molecule has 1 rings (SSSR count). The molecule has 0 spiro atoms. The Labute approximate surface area is 122 Å². The van der Waals surface area contributed by atoms with Crippen LogP contribution in [0.2, 0.25) is 0 Å². The summed E-state index contributed by atoms with van der Waals surface area (Å²) in [7, 11) is -1.46. The van der Waals surface area contributed by atoms with Crippen LogP contribution in [0.3, 0.4) is 0 Å². The third-order valence-electron chi connectivity index (χ3n) is 2.56. The molecule has 20 heavy (non-hydrogen) atoms. The van der Waals surface area contributed by atoms with E-state index in [0.717, 1.165) is 6.07 Å². The second kappa shape index (κ2) is 5.74. The summed E-state index contributed by atoms with van der Waals surface area (Å²) in [6, 6.07) is 3.53. The van der Waals surface area contributed by atoms with E-state index in [-0.39, 0.29) is 5.19 Å². The number of hydrogen-bond donors (Lipinski definition) is 1. The largest absolute Gasteiger partial charge is 0.430 e. The van der Waals surface area contributed by atoms with Gasteiger partial charge in [-0.2, -0.15) is 26.3 Å². The van der Waals surface area contributed by atoms with E-state index < -0.39 is 37.5 Å². The van der Waals surface area contributed by atoms with Crippen molar-refractivity contribution >= 4 is 37.9 Å². The van der Waals surface area contributed by atoms with E-state index in [9.17, 15) is 31.4 Å². The molecule has 0 saturated heterocycles. The SMILES string of the molecule is OC(c1cccc([SiH2]C(Cl)Cl)c1)(C(F)(F)F)C(F)(F)F. The van der Waals surface area contributed by atoms with Gasteiger partial charge in [0.15, 0.2) is 0 Å². The summed E-state index contributed by atoms with van der Waals surface area (Å²) in [5.41, 5.74) is -6.21. The molecule has 0 atom stereocenters. The van der Waals surface area contributed by atoms with Crippen molar-refractivity contribution in [3.63, 3.8) is 0 Å². The zero-order chi connectivity index (χ0) is 15.8. The Morgan fingerprint density at radius 1 is 1.00 bits per heavy atom. The van der Waals surface area contributed by atoms with E-state index in [1.165, 1.54) is 6.07 Å². The molecular weight excluding hydrogens is 349 g/mol. The first kappa shape index (κ1) is 17.6. The molecule has 0 saturated carbocycles. The summed E-state index contributed by atoms with van der Waals surface area (Å²) in [4.78, 5) is 0. The van der Waals surface area contributed by atoms with Crippen molar-refractivity contribution in [1.82, 2.24) is 0 Å². The van der Waals surface area contributed by atoms with Crippen LogP contribution in [0.1, 0.15) is 5.56 Å². The molecule has 0 aliphatic carbocycles. The highest BCUT2D eigenvalue weighted by atomic mass is 35.5. The second-order valence-corrected chi connectivity index (χ2v) is 8.35. The molecule has 0 aliphatic heterocycles. The van der Waals surface area contributed by atoms with Crippen molar-refractivity contribution in [2.75, 3.05) is 0 Å². The second-order valence-electron chi connectivity index (χ2n) is 4.00. The Hall–Kier alpha value is -0.443. The highest BCUT2D eigenvalue weighted by Crippen LogP contribution is 2.49. The lowest BCUT2D eigenvalue weighted by Gasteiger charge is -2.32. The normalized spacial score (nSPS) is 14.5. The van der Waals surface area contributed by atoms with Gasteiger partial charge in [-0.1, -0.05) is 29.5 Å². The van der Waals surface area contributed by atoms with Gasteiger partial charge in [0.25, 0.3) is 5.60 Å². The summed E-state index contributed by atoms with van der Waals surface area (Å²) in [5.74, 6) is 0. The molecule has 1 aromatic carbocycles. The molecular formula is C10H8Cl2F6OSi. The lowest BCUT2D eigenvalue weighted by Crippen LogP contribution is -2.54. The highest BCUT2D eigenvalue weighted by molar-refractivity contribution is 6.75. The minimum absolute atomic E-state index is 0.185. The Kier molecular flexibility index (Phi) is 5.06. The van der Waals surface area contributed by atoms with Crippen LogP contribution >= 0.6 is 23.2 Å². The molecule has 0 amide bonds. The molecule has 114 valence electrons. The predicted molar refractivity (Wildman–Crippen MR) is 66.1 cm³/mol. The minimum Gasteiger partial charge on any atom is -0.369 e. The van der Waals surface area contributed by atoms with Gasteiger partial charge in [0.2, 0.25) is 0 Å². The maximum atomic E-state index is 12.7. The molecule has 0 unspecified atom stereocenters. The maximum absolute atomic E-state index is 12.7. The molecule has 0 fully saturated rings. The van der Waals surface area contributed by atoms with Crippen molar-refractivity contribution in [3.8, 4) is 0 Å². The Bertz CT molecular complexity index is 460. The average Bonchev–Trinajstić information content (AvgIpc) is 2.24. The van der Waals surface area contributed by atoms with E-state index in [4.69, 9.17) is 23.2 Å². The monoisotopic (exact) mass is 356 g/mol. The molecule has 1 aromatic rings. The Balaban J connectivity index is 3.37. The van der Waals surface area contributed by atoms with Crippen LogP contribution in [-0.2, 0) is 5.60 Å². The molecule has 1 nitrogen and oxygen atoms in total. The average molecular weight is 357 g/mol. The summed E-state index contributed by atoms with van der Waals surface area (Å²) < 4.78 is 75.2. The zero-order valence-corrected chi connectivity index (χ0v) is 12.5. The third-order valence-corrected chi connectivity index (χ3v) is 4.70. The van der Waals surface area contributed by atoms with E-state index in [0.29, 0.717) is 12.1 Å². The first-order valence-electron chi connectivity index (χ1n) is 5.13. The molecule has 0 radical (unpaired) electrons. The zero-order valence-electron chi connectivity index (χ0n) is 9.56. The van der Waals surface area contributed by atoms with Crippen LogP contribution in [0.25, 0.3) is 0 Å². The van der Waals surface area contributed by atoms with Crippen molar-refractivity contribution in [3.05, 3.63) is 29.8 Å². The van der Waals surface area contributed by atoms with Crippen LogP contribution in [0, 0.1) is 0 Å². The summed E-state index contributed by atoms with van der Waals surface area (Å²) in [6.07, 6.45) is -11.8. The highest BCUT2D eigenvalue weighted by Gasteiger charge is 2.71. The Morgan fingerprint density at radius 3 is 1.90 bits per heavy atom. The first-order chi connectivity index (χ1) is 8.89. The van der Waals surface area contributed by atoms with Gasteiger partial charge in [0.05, 0.1) is 14.0 Å². The number of halogens is 8. The van der Waals surface area contributed by atoms with Crippen LogP contribution in [-0.4, -0.2) is 31.4 Å². The van der Waals surface area contributed by atoms with Crippen molar-refractivity contribution in [1.29, 1.82) is 0 Å². The van der Waals surface area contributed by atoms with Crippen LogP contribution in [0.15, 0.2) is 24.3 Å². The van der Waals surface area contributed by atoms with Crippen molar-refractivity contribution in [2.24, 2.45) is 0 Å². The molecule has 0 bridgehead atoms. The van der Waals surface area contributed by atoms with E-state index >= 15 is 0 Å². The van der Waals surface area contributed by atoms with Gasteiger partial charge in [-0.05, 0) is 0 Å². The van der Waals surface area contributed by atoms with E-state index in [2.05, 4.69) is 0 Å². The van der Waals surface area contributed by atoms with E-state index in [1.807, 2.05) is 0 Å². The van der Waals surface area contributed by atoms with Crippen LogP contribution in [0.5, 0.6) is 0 Å². The van der Waals surface area contributed by atoms with Crippen molar-refractivity contribution < 1.29 is 31.4 Å². The molecule has 0 aromatic heterocycles. The maximum Gasteiger partial charge on any atom is 0.430 e. The topological polar surface area (TPSA) is 20.2 Å². The van der Waals surface area contributed by atoms with Gasteiger partial charge in [-0.25, -0.2) is 0 Å². The molecule has 10 heteroatoms. The fourth-order valence-corrected chi connectivity index (χ4v) is 3.62. The first-order valence-corrected chi connectivity index (χ1v) is 7.52. The predicted octanol–water partition coefficient (Wildman–Crippen LogP) is 2.55. The number of alkyl halides is 8. The minimum atomic E-state index is -5.90. The number of benzene rings is 1. The quantitative estimate of drug-likeness (QED) is 0.501. The molecule has 0 heterocycles. The van der Waals surface area contributed by atoms with Crippen molar-refractivity contribution in [2.45, 2.75) is 22.4 Å². The lowest BCUT2D eigenvalue weighted by atomic mass is 9.92. The molecule has 0 aliphatic rings. The third kappa shape index (κ3) is 3.41. The Morgan fingerprint density at radius 2 is 1.50 bits per heavy atom. The van der Waals surface area contributed by atoms with Gasteiger partial charge in [-0.3, -0.25) is 0 Å². The summed E-state index contributed by atoms with van der Waals surface area (Å²) in [5, 5.41) is 9.40.